The average Bonchev–Trinajstić information content (AvgIpc) is 2.60. The topological polar surface area (TPSA) is 89.1 Å². The SMILES string of the molecule is COC(c1ccc(Cl)cc1)C(C)Nc1c(C#N)c(=O)n(C)c(=O)n1C. The third-order valence-electron chi connectivity index (χ3n) is 4.05. The van der Waals surface area contributed by atoms with Gasteiger partial charge in [-0.1, -0.05) is 23.7 Å². The highest BCUT2D eigenvalue weighted by molar-refractivity contribution is 6.30. The molecule has 132 valence electrons. The van der Waals surface area contributed by atoms with Crippen molar-refractivity contribution in [1.82, 2.24) is 9.13 Å². The Balaban J connectivity index is 2.45. The number of hydrogen-bond acceptors (Lipinski definition) is 5. The molecule has 0 aliphatic rings. The van der Waals surface area contributed by atoms with Crippen LogP contribution in [0, 0.1) is 11.3 Å². The Labute approximate surface area is 150 Å². The molecule has 2 atom stereocenters. The van der Waals surface area contributed by atoms with Gasteiger partial charge in [-0.05, 0) is 24.6 Å². The number of nitriles is 1. The van der Waals surface area contributed by atoms with Crippen molar-refractivity contribution in [2.24, 2.45) is 14.1 Å². The molecular formula is C17H19ClN4O3. The van der Waals surface area contributed by atoms with Gasteiger partial charge in [-0.15, -0.1) is 0 Å². The van der Waals surface area contributed by atoms with Crippen molar-refractivity contribution in [3.63, 3.8) is 0 Å². The number of methoxy groups -OCH3 is 1. The van der Waals surface area contributed by atoms with E-state index >= 15 is 0 Å². The van der Waals surface area contributed by atoms with Crippen molar-refractivity contribution >= 4 is 17.4 Å². The molecule has 0 saturated carbocycles. The Morgan fingerprint density at radius 3 is 2.32 bits per heavy atom. The maximum Gasteiger partial charge on any atom is 0.332 e. The van der Waals surface area contributed by atoms with E-state index in [4.69, 9.17) is 16.3 Å². The number of ether oxygens (including phenoxy) is 1. The molecule has 8 heteroatoms. The molecule has 1 aromatic carbocycles. The van der Waals surface area contributed by atoms with E-state index < -0.39 is 11.2 Å². The standard InChI is InChI=1S/C17H19ClN4O3/c1-10(14(25-4)11-5-7-12(18)8-6-11)20-15-13(9-19)16(23)22(3)17(24)21(15)2/h5-8,10,14,20H,1-4H3. The van der Waals surface area contributed by atoms with Crippen molar-refractivity contribution in [2.75, 3.05) is 12.4 Å². The Hall–Kier alpha value is -2.56. The van der Waals surface area contributed by atoms with E-state index in [1.165, 1.54) is 18.7 Å². The number of rotatable bonds is 5. The Kier molecular flexibility index (Phi) is 5.67. The summed E-state index contributed by atoms with van der Waals surface area (Å²) in [4.78, 5) is 24.3. The predicted molar refractivity (Wildman–Crippen MR) is 95.9 cm³/mol. The van der Waals surface area contributed by atoms with Crippen LogP contribution >= 0.6 is 11.6 Å². The fraction of sp³-hybridized carbons (Fsp3) is 0.353. The monoisotopic (exact) mass is 362 g/mol. The smallest absolute Gasteiger partial charge is 0.332 e. The van der Waals surface area contributed by atoms with Gasteiger partial charge in [0.2, 0.25) is 0 Å². The predicted octanol–water partition coefficient (Wildman–Crippen LogP) is 1.80. The zero-order valence-electron chi connectivity index (χ0n) is 14.4. The lowest BCUT2D eigenvalue weighted by molar-refractivity contribution is 0.0905. The van der Waals surface area contributed by atoms with Crippen LogP contribution in [0.25, 0.3) is 0 Å². The average molecular weight is 363 g/mol. The van der Waals surface area contributed by atoms with Crippen LogP contribution < -0.4 is 16.6 Å². The number of nitrogens with one attached hydrogen (secondary N) is 1. The van der Waals surface area contributed by atoms with Crippen LogP contribution in [-0.2, 0) is 18.8 Å². The number of benzene rings is 1. The van der Waals surface area contributed by atoms with Crippen molar-refractivity contribution < 1.29 is 4.74 Å². The summed E-state index contributed by atoms with van der Waals surface area (Å²) in [6.07, 6.45) is -0.372. The molecular weight excluding hydrogens is 344 g/mol. The highest BCUT2D eigenvalue weighted by atomic mass is 35.5. The molecule has 0 fully saturated rings. The molecule has 1 N–H and O–H groups in total. The summed E-state index contributed by atoms with van der Waals surface area (Å²) in [5.41, 5.74) is -0.401. The van der Waals surface area contributed by atoms with E-state index in [2.05, 4.69) is 5.32 Å². The fourth-order valence-corrected chi connectivity index (χ4v) is 2.81. The van der Waals surface area contributed by atoms with Crippen molar-refractivity contribution in [3.8, 4) is 6.07 Å². The molecule has 0 amide bonds. The van der Waals surface area contributed by atoms with Gasteiger partial charge in [-0.2, -0.15) is 5.26 Å². The lowest BCUT2D eigenvalue weighted by atomic mass is 10.0. The highest BCUT2D eigenvalue weighted by Gasteiger charge is 2.23. The second-order valence-corrected chi connectivity index (χ2v) is 6.12. The van der Waals surface area contributed by atoms with Gasteiger partial charge in [0.05, 0.1) is 6.04 Å². The van der Waals surface area contributed by atoms with E-state index in [0.29, 0.717) is 5.02 Å². The van der Waals surface area contributed by atoms with Crippen LogP contribution in [0.3, 0.4) is 0 Å². The van der Waals surface area contributed by atoms with Gasteiger partial charge in [-0.25, -0.2) is 4.79 Å². The van der Waals surface area contributed by atoms with Crippen molar-refractivity contribution in [2.45, 2.75) is 19.1 Å². The third kappa shape index (κ3) is 3.60. The number of halogens is 1. The van der Waals surface area contributed by atoms with E-state index in [-0.39, 0.29) is 23.5 Å². The van der Waals surface area contributed by atoms with Gasteiger partial charge in [0.15, 0.2) is 5.56 Å². The van der Waals surface area contributed by atoms with Crippen LogP contribution in [0.2, 0.25) is 5.02 Å². The Morgan fingerprint density at radius 1 is 1.20 bits per heavy atom. The normalized spacial score (nSPS) is 13.1. The molecule has 0 spiro atoms. The largest absolute Gasteiger partial charge is 0.375 e. The second kappa shape index (κ2) is 7.55. The number of aromatic nitrogens is 2. The summed E-state index contributed by atoms with van der Waals surface area (Å²) in [6.45, 7) is 1.84. The first-order chi connectivity index (χ1) is 11.8. The lowest BCUT2D eigenvalue weighted by Crippen LogP contribution is -2.41. The highest BCUT2D eigenvalue weighted by Crippen LogP contribution is 2.25. The summed E-state index contributed by atoms with van der Waals surface area (Å²) >= 11 is 5.91. The molecule has 0 radical (unpaired) electrons. The minimum Gasteiger partial charge on any atom is -0.375 e. The van der Waals surface area contributed by atoms with Crippen LogP contribution in [0.4, 0.5) is 5.82 Å². The maximum absolute atomic E-state index is 12.2. The zero-order chi connectivity index (χ0) is 18.7. The van der Waals surface area contributed by atoms with E-state index in [1.54, 1.807) is 19.2 Å². The van der Waals surface area contributed by atoms with Crippen molar-refractivity contribution in [3.05, 3.63) is 61.3 Å². The van der Waals surface area contributed by atoms with E-state index in [0.717, 1.165) is 10.1 Å². The van der Waals surface area contributed by atoms with Crippen LogP contribution in [-0.4, -0.2) is 22.3 Å². The zero-order valence-corrected chi connectivity index (χ0v) is 15.2. The number of nitrogens with zero attached hydrogens (tertiary/aromatic N) is 3. The first-order valence-corrected chi connectivity index (χ1v) is 7.94. The van der Waals surface area contributed by atoms with Crippen LogP contribution in [0.1, 0.15) is 24.2 Å². The molecule has 7 nitrogen and oxygen atoms in total. The molecule has 2 rings (SSSR count). The number of hydrogen-bond donors (Lipinski definition) is 1. The van der Waals surface area contributed by atoms with Gasteiger partial charge in [-0.3, -0.25) is 13.9 Å². The summed E-state index contributed by atoms with van der Waals surface area (Å²) in [6, 6.07) is 8.73. The Morgan fingerprint density at radius 2 is 1.80 bits per heavy atom. The van der Waals surface area contributed by atoms with Gasteiger partial charge in [0.1, 0.15) is 18.0 Å². The third-order valence-corrected chi connectivity index (χ3v) is 4.30. The summed E-state index contributed by atoms with van der Waals surface area (Å²) in [5.74, 6) is 0.166. The molecule has 2 aromatic rings. The molecule has 0 bridgehead atoms. The molecule has 0 saturated heterocycles. The summed E-state index contributed by atoms with van der Waals surface area (Å²) in [7, 11) is 4.40. The maximum atomic E-state index is 12.2. The first-order valence-electron chi connectivity index (χ1n) is 7.56. The summed E-state index contributed by atoms with van der Waals surface area (Å²) < 4.78 is 7.69. The van der Waals surface area contributed by atoms with Gasteiger partial charge < -0.3 is 10.1 Å². The van der Waals surface area contributed by atoms with Gasteiger partial charge in [0, 0.05) is 26.2 Å². The quantitative estimate of drug-likeness (QED) is 0.876. The van der Waals surface area contributed by atoms with Crippen LogP contribution in [0.15, 0.2) is 33.9 Å². The van der Waals surface area contributed by atoms with Gasteiger partial charge >= 0.3 is 5.69 Å². The minimum atomic E-state index is -0.638. The lowest BCUT2D eigenvalue weighted by Gasteiger charge is -2.26. The Bertz CT molecular complexity index is 925. The molecule has 25 heavy (non-hydrogen) atoms. The molecule has 1 heterocycles. The minimum absolute atomic E-state index is 0.123. The van der Waals surface area contributed by atoms with Crippen molar-refractivity contribution in [1.29, 1.82) is 5.26 Å². The van der Waals surface area contributed by atoms with Gasteiger partial charge in [0.25, 0.3) is 5.56 Å². The van der Waals surface area contributed by atoms with Crippen LogP contribution in [0.5, 0.6) is 0 Å². The fourth-order valence-electron chi connectivity index (χ4n) is 2.69. The first kappa shape index (κ1) is 18.8. The molecule has 1 aromatic heterocycles. The summed E-state index contributed by atoms with van der Waals surface area (Å²) in [5, 5.41) is 13.0. The number of anilines is 1. The molecule has 2 unspecified atom stereocenters. The second-order valence-electron chi connectivity index (χ2n) is 5.68. The van der Waals surface area contributed by atoms with E-state index in [9.17, 15) is 14.9 Å². The molecule has 0 aliphatic heterocycles. The molecule has 0 aliphatic carbocycles. The van der Waals surface area contributed by atoms with E-state index in [1.807, 2.05) is 25.1 Å².